The summed E-state index contributed by atoms with van der Waals surface area (Å²) < 4.78 is 41.0. The number of sulfonamides is 1. The molecule has 1 aliphatic rings. The van der Waals surface area contributed by atoms with Crippen molar-refractivity contribution in [3.8, 4) is 0 Å². The van der Waals surface area contributed by atoms with Crippen molar-refractivity contribution in [2.24, 2.45) is 0 Å². The molecule has 0 aromatic heterocycles. The van der Waals surface area contributed by atoms with Gasteiger partial charge in [-0.1, -0.05) is 18.2 Å². The van der Waals surface area contributed by atoms with Crippen LogP contribution in [-0.2, 0) is 14.8 Å². The van der Waals surface area contributed by atoms with Gasteiger partial charge in [-0.3, -0.25) is 9.10 Å². The van der Waals surface area contributed by atoms with Crippen LogP contribution in [0.5, 0.6) is 0 Å². The van der Waals surface area contributed by atoms with Gasteiger partial charge in [0, 0.05) is 13.1 Å². The van der Waals surface area contributed by atoms with Crippen LogP contribution in [0.2, 0.25) is 0 Å². The number of anilines is 1. The van der Waals surface area contributed by atoms with E-state index in [1.807, 2.05) is 0 Å². The van der Waals surface area contributed by atoms with Crippen LogP contribution in [0, 0.1) is 5.82 Å². The van der Waals surface area contributed by atoms with Gasteiger partial charge in [-0.15, -0.1) is 0 Å². The van der Waals surface area contributed by atoms with Gasteiger partial charge in [0.25, 0.3) is 10.0 Å². The number of nitrogens with zero attached hydrogens (tertiary/aromatic N) is 2. The van der Waals surface area contributed by atoms with Crippen molar-refractivity contribution in [1.82, 2.24) is 4.90 Å². The van der Waals surface area contributed by atoms with Gasteiger partial charge < -0.3 is 4.90 Å². The van der Waals surface area contributed by atoms with Crippen LogP contribution in [-0.4, -0.2) is 38.4 Å². The summed E-state index contributed by atoms with van der Waals surface area (Å²) in [5.41, 5.74) is 0.402. The summed E-state index contributed by atoms with van der Waals surface area (Å²) >= 11 is 0. The van der Waals surface area contributed by atoms with E-state index >= 15 is 0 Å². The quantitative estimate of drug-likeness (QED) is 0.786. The first-order valence-corrected chi connectivity index (χ1v) is 10.5. The highest BCUT2D eigenvalue weighted by Gasteiger charge is 2.35. The third-order valence-electron chi connectivity index (χ3n) is 4.76. The standard InChI is InChI=1S/C20H23FN2O3S/c1-16(20(24)22-14-6-3-7-15-22)23(18-8-4-2-5-9-18)27(25,26)19-12-10-17(21)11-13-19/h2,4-5,8-13,16H,3,6-7,14-15H2,1H3/t16-/m1/s1. The Kier molecular flexibility index (Phi) is 5.79. The first-order chi connectivity index (χ1) is 12.9. The molecular formula is C20H23FN2O3S. The fraction of sp³-hybridized carbons (Fsp3) is 0.350. The Bertz CT molecular complexity index is 879. The first-order valence-electron chi connectivity index (χ1n) is 9.05. The van der Waals surface area contributed by atoms with Gasteiger partial charge in [-0.05, 0) is 62.6 Å². The predicted octanol–water partition coefficient (Wildman–Crippen LogP) is 3.42. The van der Waals surface area contributed by atoms with E-state index in [9.17, 15) is 17.6 Å². The number of rotatable bonds is 5. The third kappa shape index (κ3) is 4.13. The molecule has 2 aromatic carbocycles. The molecule has 0 N–H and O–H groups in total. The zero-order valence-corrected chi connectivity index (χ0v) is 16.0. The second-order valence-electron chi connectivity index (χ2n) is 6.65. The van der Waals surface area contributed by atoms with Crippen LogP contribution in [0.15, 0.2) is 59.5 Å². The Morgan fingerprint density at radius 1 is 1.00 bits per heavy atom. The number of para-hydroxylation sites is 1. The van der Waals surface area contributed by atoms with Crippen molar-refractivity contribution in [3.63, 3.8) is 0 Å². The summed E-state index contributed by atoms with van der Waals surface area (Å²) in [5, 5.41) is 0. The normalized spacial score (nSPS) is 16.0. The number of halogens is 1. The molecule has 1 fully saturated rings. The summed E-state index contributed by atoms with van der Waals surface area (Å²) in [7, 11) is -4.03. The van der Waals surface area contributed by atoms with Gasteiger partial charge in [0.05, 0.1) is 10.6 Å². The maximum atomic E-state index is 13.3. The summed E-state index contributed by atoms with van der Waals surface area (Å²) in [4.78, 5) is 14.7. The highest BCUT2D eigenvalue weighted by Crippen LogP contribution is 2.27. The van der Waals surface area contributed by atoms with E-state index < -0.39 is 21.9 Å². The van der Waals surface area contributed by atoms with Crippen LogP contribution < -0.4 is 4.31 Å². The molecular weight excluding hydrogens is 367 g/mol. The van der Waals surface area contributed by atoms with Gasteiger partial charge in [-0.25, -0.2) is 12.8 Å². The highest BCUT2D eigenvalue weighted by atomic mass is 32.2. The Balaban J connectivity index is 2.01. The molecule has 2 aromatic rings. The minimum atomic E-state index is -4.03. The average molecular weight is 390 g/mol. The molecule has 0 saturated carbocycles. The van der Waals surface area contributed by atoms with Gasteiger partial charge in [0.15, 0.2) is 0 Å². The molecule has 1 saturated heterocycles. The van der Waals surface area contributed by atoms with E-state index in [0.717, 1.165) is 35.7 Å². The molecule has 0 radical (unpaired) electrons. The van der Waals surface area contributed by atoms with Crippen molar-refractivity contribution in [2.45, 2.75) is 37.1 Å². The number of benzene rings is 2. The maximum Gasteiger partial charge on any atom is 0.265 e. The summed E-state index contributed by atoms with van der Waals surface area (Å²) in [5.74, 6) is -0.734. The van der Waals surface area contributed by atoms with Gasteiger partial charge >= 0.3 is 0 Å². The lowest BCUT2D eigenvalue weighted by molar-refractivity contribution is -0.132. The molecule has 1 amide bonds. The van der Waals surface area contributed by atoms with Crippen LogP contribution in [0.3, 0.4) is 0 Å². The molecule has 0 unspecified atom stereocenters. The second-order valence-corrected chi connectivity index (χ2v) is 8.47. The van der Waals surface area contributed by atoms with Gasteiger partial charge in [-0.2, -0.15) is 0 Å². The zero-order valence-electron chi connectivity index (χ0n) is 15.2. The molecule has 5 nitrogen and oxygen atoms in total. The van der Waals surface area contributed by atoms with E-state index in [2.05, 4.69) is 0 Å². The Morgan fingerprint density at radius 2 is 1.59 bits per heavy atom. The van der Waals surface area contributed by atoms with Crippen molar-refractivity contribution in [1.29, 1.82) is 0 Å². The van der Waals surface area contributed by atoms with Crippen molar-refractivity contribution in [3.05, 3.63) is 60.4 Å². The number of hydrogen-bond acceptors (Lipinski definition) is 3. The van der Waals surface area contributed by atoms with E-state index in [1.54, 1.807) is 42.2 Å². The molecule has 1 atom stereocenters. The van der Waals surface area contributed by atoms with E-state index in [1.165, 1.54) is 12.1 Å². The highest BCUT2D eigenvalue weighted by molar-refractivity contribution is 7.92. The number of hydrogen-bond donors (Lipinski definition) is 0. The van der Waals surface area contributed by atoms with Crippen LogP contribution >= 0.6 is 0 Å². The molecule has 27 heavy (non-hydrogen) atoms. The molecule has 144 valence electrons. The van der Waals surface area contributed by atoms with Crippen LogP contribution in [0.4, 0.5) is 10.1 Å². The van der Waals surface area contributed by atoms with Crippen molar-refractivity contribution in [2.75, 3.05) is 17.4 Å². The fourth-order valence-electron chi connectivity index (χ4n) is 3.34. The lowest BCUT2D eigenvalue weighted by atomic mass is 10.1. The van der Waals surface area contributed by atoms with E-state index in [0.29, 0.717) is 18.8 Å². The molecule has 7 heteroatoms. The average Bonchev–Trinajstić information content (AvgIpc) is 2.69. The number of carbonyl (C=O) groups is 1. The topological polar surface area (TPSA) is 57.7 Å². The zero-order chi connectivity index (χ0) is 19.4. The Morgan fingerprint density at radius 3 is 2.19 bits per heavy atom. The summed E-state index contributed by atoms with van der Waals surface area (Å²) in [6.07, 6.45) is 2.93. The molecule has 1 heterocycles. The van der Waals surface area contributed by atoms with E-state index in [4.69, 9.17) is 0 Å². The van der Waals surface area contributed by atoms with Gasteiger partial charge in [0.1, 0.15) is 11.9 Å². The second kappa shape index (κ2) is 8.08. The third-order valence-corrected chi connectivity index (χ3v) is 6.67. The monoisotopic (exact) mass is 390 g/mol. The molecule has 3 rings (SSSR count). The molecule has 0 bridgehead atoms. The molecule has 0 spiro atoms. The van der Waals surface area contributed by atoms with Crippen LogP contribution in [0.1, 0.15) is 26.2 Å². The number of amides is 1. The van der Waals surface area contributed by atoms with Crippen LogP contribution in [0.25, 0.3) is 0 Å². The minimum absolute atomic E-state index is 0.0500. The summed E-state index contributed by atoms with van der Waals surface area (Å²) in [6.45, 7) is 2.88. The Hall–Kier alpha value is -2.41. The fourth-order valence-corrected chi connectivity index (χ4v) is 4.96. The van der Waals surface area contributed by atoms with Crippen molar-refractivity contribution >= 4 is 21.6 Å². The Labute approximate surface area is 159 Å². The lowest BCUT2D eigenvalue weighted by Gasteiger charge is -2.35. The predicted molar refractivity (Wildman–Crippen MR) is 102 cm³/mol. The molecule has 0 aliphatic carbocycles. The van der Waals surface area contributed by atoms with E-state index in [-0.39, 0.29) is 10.8 Å². The summed E-state index contributed by atoms with van der Waals surface area (Å²) in [6, 6.07) is 12.3. The largest absolute Gasteiger partial charge is 0.341 e. The molecule has 1 aliphatic heterocycles. The first kappa shape index (κ1) is 19.4. The smallest absolute Gasteiger partial charge is 0.265 e. The SMILES string of the molecule is C[C@H](C(=O)N1CCCCC1)N(c1ccccc1)S(=O)(=O)c1ccc(F)cc1. The number of carbonyl (C=O) groups excluding carboxylic acids is 1. The number of piperidine rings is 1. The van der Waals surface area contributed by atoms with Gasteiger partial charge in [0.2, 0.25) is 5.91 Å². The lowest BCUT2D eigenvalue weighted by Crippen LogP contribution is -2.50. The minimum Gasteiger partial charge on any atom is -0.341 e. The number of likely N-dealkylation sites (tertiary alicyclic amines) is 1. The van der Waals surface area contributed by atoms with Crippen molar-refractivity contribution < 1.29 is 17.6 Å². The maximum absolute atomic E-state index is 13.3.